The van der Waals surface area contributed by atoms with Crippen LogP contribution in [0.2, 0.25) is 0 Å². The average Bonchev–Trinajstić information content (AvgIpc) is 2.46. The molecule has 0 spiro atoms. The summed E-state index contributed by atoms with van der Waals surface area (Å²) in [5.41, 5.74) is 11.7. The summed E-state index contributed by atoms with van der Waals surface area (Å²) in [4.78, 5) is 12.1. The monoisotopic (exact) mass is 332 g/mol. The van der Waals surface area contributed by atoms with Crippen LogP contribution in [0.4, 0.5) is 0 Å². The van der Waals surface area contributed by atoms with Crippen LogP contribution in [-0.4, -0.2) is 12.5 Å². The van der Waals surface area contributed by atoms with E-state index in [1.807, 2.05) is 31.2 Å². The number of carbonyl (C=O) groups is 1. The zero-order chi connectivity index (χ0) is 16.1. The summed E-state index contributed by atoms with van der Waals surface area (Å²) >= 11 is 0. The number of carbonyl (C=O) groups excluding carboxylic acids is 1. The second-order valence-electron chi connectivity index (χ2n) is 5.93. The van der Waals surface area contributed by atoms with Crippen LogP contribution in [0.3, 0.4) is 0 Å². The number of halogens is 1. The van der Waals surface area contributed by atoms with Gasteiger partial charge in [-0.2, -0.15) is 0 Å². The first-order valence-corrected chi connectivity index (χ1v) is 7.63. The first kappa shape index (κ1) is 19.2. The Kier molecular flexibility index (Phi) is 7.27. The second-order valence-corrected chi connectivity index (χ2v) is 5.93. The van der Waals surface area contributed by atoms with Crippen LogP contribution in [0.5, 0.6) is 0 Å². The first-order valence-electron chi connectivity index (χ1n) is 7.63. The van der Waals surface area contributed by atoms with E-state index in [9.17, 15) is 4.79 Å². The normalized spacial score (nSPS) is 11.5. The van der Waals surface area contributed by atoms with Gasteiger partial charge in [-0.3, -0.25) is 4.79 Å². The minimum absolute atomic E-state index is 0. The summed E-state index contributed by atoms with van der Waals surface area (Å²) in [6.07, 6.45) is 0.814. The van der Waals surface area contributed by atoms with E-state index in [0.29, 0.717) is 6.54 Å². The Morgan fingerprint density at radius 1 is 1.00 bits per heavy atom. The van der Waals surface area contributed by atoms with E-state index < -0.39 is 6.04 Å². The maximum Gasteiger partial charge on any atom is 0.241 e. The minimum atomic E-state index is -0.611. The molecule has 3 nitrogen and oxygen atoms in total. The number of benzene rings is 2. The Bertz CT molecular complexity index is 633. The lowest BCUT2D eigenvalue weighted by Crippen LogP contribution is -2.35. The van der Waals surface area contributed by atoms with Crippen LogP contribution >= 0.6 is 12.4 Å². The molecule has 0 bridgehead atoms. The molecule has 0 radical (unpaired) electrons. The van der Waals surface area contributed by atoms with Crippen molar-refractivity contribution < 1.29 is 4.79 Å². The zero-order valence-corrected chi connectivity index (χ0v) is 14.7. The van der Waals surface area contributed by atoms with Crippen LogP contribution in [0.15, 0.2) is 42.5 Å². The van der Waals surface area contributed by atoms with Gasteiger partial charge in [0.15, 0.2) is 0 Å². The van der Waals surface area contributed by atoms with Crippen LogP contribution in [0.1, 0.15) is 33.9 Å². The molecule has 0 heterocycles. The van der Waals surface area contributed by atoms with Gasteiger partial charge in [-0.15, -0.1) is 12.4 Å². The lowest BCUT2D eigenvalue weighted by molar-refractivity contribution is -0.122. The molecule has 23 heavy (non-hydrogen) atoms. The van der Waals surface area contributed by atoms with Crippen molar-refractivity contribution in [2.45, 2.75) is 33.2 Å². The molecule has 3 N–H and O–H groups in total. The summed E-state index contributed by atoms with van der Waals surface area (Å²) in [6.45, 7) is 6.78. The SMILES string of the molecule is Cc1ccc(C(N)C(=O)NCCc2cc(C)cc(C)c2)cc1.Cl. The first-order chi connectivity index (χ1) is 10.5. The van der Waals surface area contributed by atoms with Gasteiger partial charge in [-0.1, -0.05) is 59.2 Å². The smallest absolute Gasteiger partial charge is 0.241 e. The molecule has 0 aliphatic carbocycles. The van der Waals surface area contributed by atoms with Crippen molar-refractivity contribution in [2.75, 3.05) is 6.54 Å². The maximum absolute atomic E-state index is 12.1. The highest BCUT2D eigenvalue weighted by Gasteiger charge is 2.14. The lowest BCUT2D eigenvalue weighted by atomic mass is 10.0. The molecule has 0 saturated carbocycles. The van der Waals surface area contributed by atoms with E-state index >= 15 is 0 Å². The van der Waals surface area contributed by atoms with E-state index in [2.05, 4.69) is 37.4 Å². The zero-order valence-electron chi connectivity index (χ0n) is 13.9. The van der Waals surface area contributed by atoms with Gasteiger partial charge in [0.2, 0.25) is 5.91 Å². The van der Waals surface area contributed by atoms with Crippen LogP contribution < -0.4 is 11.1 Å². The van der Waals surface area contributed by atoms with E-state index in [1.54, 1.807) is 0 Å². The van der Waals surface area contributed by atoms with Gasteiger partial charge < -0.3 is 11.1 Å². The molecular formula is C19H25ClN2O. The van der Waals surface area contributed by atoms with E-state index in [1.165, 1.54) is 16.7 Å². The van der Waals surface area contributed by atoms with Crippen LogP contribution in [0.25, 0.3) is 0 Å². The molecule has 4 heteroatoms. The number of rotatable bonds is 5. The summed E-state index contributed by atoms with van der Waals surface area (Å²) < 4.78 is 0. The Morgan fingerprint density at radius 3 is 2.13 bits per heavy atom. The molecule has 0 fully saturated rings. The Hall–Kier alpha value is -1.84. The van der Waals surface area contributed by atoms with Gasteiger partial charge in [-0.05, 0) is 38.3 Å². The molecule has 1 amide bonds. The average molecular weight is 333 g/mol. The second kappa shape index (κ2) is 8.70. The third-order valence-electron chi connectivity index (χ3n) is 3.71. The number of hydrogen-bond donors (Lipinski definition) is 2. The van der Waals surface area contributed by atoms with Crippen molar-refractivity contribution in [1.29, 1.82) is 0 Å². The molecule has 124 valence electrons. The highest BCUT2D eigenvalue weighted by Crippen LogP contribution is 2.12. The highest BCUT2D eigenvalue weighted by molar-refractivity contribution is 5.85. The molecular weight excluding hydrogens is 308 g/mol. The number of nitrogens with one attached hydrogen (secondary N) is 1. The number of amides is 1. The van der Waals surface area contributed by atoms with E-state index in [0.717, 1.165) is 17.5 Å². The van der Waals surface area contributed by atoms with Gasteiger partial charge in [0.25, 0.3) is 0 Å². The van der Waals surface area contributed by atoms with Crippen LogP contribution in [0, 0.1) is 20.8 Å². The lowest BCUT2D eigenvalue weighted by Gasteiger charge is -2.13. The summed E-state index contributed by atoms with van der Waals surface area (Å²) in [5, 5.41) is 2.92. The van der Waals surface area contributed by atoms with Crippen LogP contribution in [-0.2, 0) is 11.2 Å². The number of hydrogen-bond acceptors (Lipinski definition) is 2. The van der Waals surface area contributed by atoms with E-state index in [-0.39, 0.29) is 18.3 Å². The maximum atomic E-state index is 12.1. The van der Waals surface area contributed by atoms with Gasteiger partial charge >= 0.3 is 0 Å². The van der Waals surface area contributed by atoms with Crippen molar-refractivity contribution in [1.82, 2.24) is 5.32 Å². The molecule has 2 aromatic rings. The van der Waals surface area contributed by atoms with E-state index in [4.69, 9.17) is 5.73 Å². The molecule has 0 saturated heterocycles. The topological polar surface area (TPSA) is 55.1 Å². The fraction of sp³-hybridized carbons (Fsp3) is 0.316. The van der Waals surface area contributed by atoms with Gasteiger partial charge in [-0.25, -0.2) is 0 Å². The Labute approximate surface area is 144 Å². The Balaban J connectivity index is 0.00000264. The van der Waals surface area contributed by atoms with Gasteiger partial charge in [0.1, 0.15) is 6.04 Å². The molecule has 1 atom stereocenters. The standard InChI is InChI=1S/C19H24N2O.ClH/c1-13-4-6-17(7-5-13)18(20)19(22)21-9-8-16-11-14(2)10-15(3)12-16;/h4-7,10-12,18H,8-9,20H2,1-3H3,(H,21,22);1H. The molecule has 0 aliphatic heterocycles. The molecule has 2 aromatic carbocycles. The fourth-order valence-electron chi connectivity index (χ4n) is 2.58. The predicted octanol–water partition coefficient (Wildman–Crippen LogP) is 3.39. The summed E-state index contributed by atoms with van der Waals surface area (Å²) in [5.74, 6) is -0.131. The third kappa shape index (κ3) is 5.70. The van der Waals surface area contributed by atoms with Crippen molar-refractivity contribution in [3.8, 4) is 0 Å². The summed E-state index contributed by atoms with van der Waals surface area (Å²) in [6, 6.07) is 13.6. The summed E-state index contributed by atoms with van der Waals surface area (Å²) in [7, 11) is 0. The van der Waals surface area contributed by atoms with Crippen molar-refractivity contribution in [3.05, 3.63) is 70.3 Å². The molecule has 0 aromatic heterocycles. The highest BCUT2D eigenvalue weighted by atomic mass is 35.5. The van der Waals surface area contributed by atoms with Crippen molar-refractivity contribution in [3.63, 3.8) is 0 Å². The van der Waals surface area contributed by atoms with Gasteiger partial charge in [0, 0.05) is 6.54 Å². The predicted molar refractivity (Wildman–Crippen MR) is 98.0 cm³/mol. The Morgan fingerprint density at radius 2 is 1.57 bits per heavy atom. The number of aryl methyl sites for hydroxylation is 3. The molecule has 2 rings (SSSR count). The molecule has 1 unspecified atom stereocenters. The van der Waals surface area contributed by atoms with Gasteiger partial charge in [0.05, 0.1) is 0 Å². The minimum Gasteiger partial charge on any atom is -0.354 e. The molecule has 0 aliphatic rings. The van der Waals surface area contributed by atoms with Crippen molar-refractivity contribution in [2.24, 2.45) is 5.73 Å². The quantitative estimate of drug-likeness (QED) is 0.881. The third-order valence-corrected chi connectivity index (χ3v) is 3.71. The number of nitrogens with two attached hydrogens (primary N) is 1. The van der Waals surface area contributed by atoms with Crippen molar-refractivity contribution >= 4 is 18.3 Å². The fourth-order valence-corrected chi connectivity index (χ4v) is 2.58. The largest absolute Gasteiger partial charge is 0.354 e.